The molecule has 0 atom stereocenters. The molecule has 2 aromatic carbocycles. The molecule has 2 aromatic rings. The first-order valence-corrected chi connectivity index (χ1v) is 6.39. The highest BCUT2D eigenvalue weighted by Gasteiger charge is 2.25. The van der Waals surface area contributed by atoms with Crippen LogP contribution in [0.15, 0.2) is 36.4 Å². The maximum atomic E-state index is 12.6. The minimum Gasteiger partial charge on any atom is -0.493 e. The summed E-state index contributed by atoms with van der Waals surface area (Å²) < 4.78 is 43.6. The number of halogens is 3. The first-order valence-electron chi connectivity index (χ1n) is 6.39. The average molecular weight is 265 g/mol. The summed E-state index contributed by atoms with van der Waals surface area (Å²) in [5, 5.41) is 1.37. The van der Waals surface area contributed by atoms with E-state index in [0.29, 0.717) is 17.9 Å². The van der Waals surface area contributed by atoms with Crippen LogP contribution in [0.25, 0.3) is 10.8 Å². The molecule has 0 spiro atoms. The second-order valence-electron chi connectivity index (χ2n) is 5.10. The summed E-state index contributed by atoms with van der Waals surface area (Å²) in [6.07, 6.45) is 2.43. The van der Waals surface area contributed by atoms with Crippen molar-refractivity contribution in [2.45, 2.75) is 12.8 Å². The van der Waals surface area contributed by atoms with E-state index in [2.05, 4.69) is 0 Å². The number of benzene rings is 2. The van der Waals surface area contributed by atoms with Crippen molar-refractivity contribution in [2.75, 3.05) is 6.61 Å². The molecule has 5 heteroatoms. The van der Waals surface area contributed by atoms with Crippen molar-refractivity contribution in [3.8, 4) is 5.75 Å². The maximum Gasteiger partial charge on any atom is 0.509 e. The summed E-state index contributed by atoms with van der Waals surface area (Å²) in [5.74, 6) is 1.38. The number of ether oxygens (including phenoxy) is 1. The van der Waals surface area contributed by atoms with Crippen molar-refractivity contribution in [3.63, 3.8) is 0 Å². The van der Waals surface area contributed by atoms with Gasteiger partial charge in [0.15, 0.2) is 0 Å². The molecule has 1 fully saturated rings. The fourth-order valence-corrected chi connectivity index (χ4v) is 2.03. The number of hydrogen-bond acceptors (Lipinski definition) is 1. The van der Waals surface area contributed by atoms with Gasteiger partial charge in [-0.2, -0.15) is 0 Å². The van der Waals surface area contributed by atoms with Crippen LogP contribution in [0, 0.1) is 5.92 Å². The molecule has 0 unspecified atom stereocenters. The Balaban J connectivity index is 1.86. The minimum absolute atomic E-state index is 0.556. The van der Waals surface area contributed by atoms with Gasteiger partial charge in [-0.15, -0.1) is 5.46 Å². The molecule has 0 aliphatic heterocycles. The van der Waals surface area contributed by atoms with Crippen LogP contribution in [0.1, 0.15) is 12.8 Å². The zero-order valence-electron chi connectivity index (χ0n) is 10.3. The van der Waals surface area contributed by atoms with Crippen molar-refractivity contribution in [1.82, 2.24) is 0 Å². The number of hydrogen-bond donors (Lipinski definition) is 0. The third-order valence-corrected chi connectivity index (χ3v) is 3.40. The van der Waals surface area contributed by atoms with Gasteiger partial charge in [0.2, 0.25) is 0 Å². The van der Waals surface area contributed by atoms with Crippen LogP contribution in [0.3, 0.4) is 0 Å². The smallest absolute Gasteiger partial charge is 0.493 e. The summed E-state index contributed by atoms with van der Waals surface area (Å²) in [7, 11) is 0. The Morgan fingerprint density at radius 1 is 1.00 bits per heavy atom. The van der Waals surface area contributed by atoms with Gasteiger partial charge in [-0.1, -0.05) is 24.3 Å². The van der Waals surface area contributed by atoms with E-state index in [1.807, 2.05) is 0 Å². The number of rotatable bonds is 4. The van der Waals surface area contributed by atoms with Gasteiger partial charge < -0.3 is 17.7 Å². The van der Waals surface area contributed by atoms with Crippen LogP contribution in [0.5, 0.6) is 5.75 Å². The molecular formula is C14H13BF3O-. The lowest BCUT2D eigenvalue weighted by Crippen LogP contribution is -2.33. The van der Waals surface area contributed by atoms with Crippen molar-refractivity contribution in [2.24, 2.45) is 5.92 Å². The topological polar surface area (TPSA) is 9.23 Å². The Labute approximate surface area is 109 Å². The molecule has 1 aliphatic rings. The van der Waals surface area contributed by atoms with E-state index in [0.717, 1.165) is 17.2 Å². The summed E-state index contributed by atoms with van der Waals surface area (Å²) in [6.45, 7) is -4.23. The zero-order valence-corrected chi connectivity index (χ0v) is 10.3. The lowest BCUT2D eigenvalue weighted by atomic mass is 9.79. The van der Waals surface area contributed by atoms with Gasteiger partial charge in [-0.3, -0.25) is 0 Å². The van der Waals surface area contributed by atoms with Crippen molar-refractivity contribution in [3.05, 3.63) is 36.4 Å². The molecule has 0 N–H and O–H groups in total. The Morgan fingerprint density at radius 3 is 2.37 bits per heavy atom. The predicted octanol–water partition coefficient (Wildman–Crippen LogP) is 3.68. The molecule has 100 valence electrons. The van der Waals surface area contributed by atoms with Gasteiger partial charge in [-0.25, -0.2) is 0 Å². The van der Waals surface area contributed by atoms with Crippen LogP contribution >= 0.6 is 0 Å². The highest BCUT2D eigenvalue weighted by Crippen LogP contribution is 2.30. The van der Waals surface area contributed by atoms with E-state index in [1.165, 1.54) is 25.0 Å². The normalized spacial score (nSPS) is 15.7. The standard InChI is InChI=1S/C14H13BF3O/c16-15(17,18)13-5-3-12-8-14(6-4-11(12)7-13)19-9-10-1-2-10/h3-8,10H,1-2,9H2/q-1. The van der Waals surface area contributed by atoms with Gasteiger partial charge in [-0.05, 0) is 41.7 Å². The molecule has 19 heavy (non-hydrogen) atoms. The van der Waals surface area contributed by atoms with Gasteiger partial charge in [0.1, 0.15) is 5.75 Å². The lowest BCUT2D eigenvalue weighted by molar-refractivity contribution is 0.300. The van der Waals surface area contributed by atoms with E-state index in [1.54, 1.807) is 18.2 Å². The molecule has 1 aliphatic carbocycles. The molecule has 0 aromatic heterocycles. The highest BCUT2D eigenvalue weighted by molar-refractivity contribution is 6.73. The molecule has 1 saturated carbocycles. The minimum atomic E-state index is -4.94. The van der Waals surface area contributed by atoms with E-state index >= 15 is 0 Å². The van der Waals surface area contributed by atoms with E-state index in [4.69, 9.17) is 4.74 Å². The van der Waals surface area contributed by atoms with Crippen LogP contribution in [-0.2, 0) is 0 Å². The molecule has 0 saturated heterocycles. The van der Waals surface area contributed by atoms with Gasteiger partial charge in [0, 0.05) is 0 Å². The average Bonchev–Trinajstić information content (AvgIpc) is 3.18. The van der Waals surface area contributed by atoms with Crippen molar-refractivity contribution in [1.29, 1.82) is 0 Å². The van der Waals surface area contributed by atoms with Crippen LogP contribution in [0.4, 0.5) is 12.9 Å². The Bertz CT molecular complexity index is 605. The predicted molar refractivity (Wildman–Crippen MR) is 70.9 cm³/mol. The molecule has 0 bridgehead atoms. The first kappa shape index (κ1) is 12.4. The Morgan fingerprint density at radius 2 is 1.68 bits per heavy atom. The van der Waals surface area contributed by atoms with E-state index in [9.17, 15) is 12.9 Å². The van der Waals surface area contributed by atoms with Gasteiger partial charge in [0.25, 0.3) is 0 Å². The van der Waals surface area contributed by atoms with Crippen LogP contribution in [-0.4, -0.2) is 13.6 Å². The van der Waals surface area contributed by atoms with E-state index < -0.39 is 12.4 Å². The van der Waals surface area contributed by atoms with Crippen LogP contribution < -0.4 is 10.2 Å². The third-order valence-electron chi connectivity index (χ3n) is 3.40. The largest absolute Gasteiger partial charge is 0.509 e. The van der Waals surface area contributed by atoms with Crippen LogP contribution in [0.2, 0.25) is 0 Å². The molecule has 1 nitrogen and oxygen atoms in total. The first-order chi connectivity index (χ1) is 9.02. The quantitative estimate of drug-likeness (QED) is 0.766. The van der Waals surface area contributed by atoms with Gasteiger partial charge in [0.05, 0.1) is 6.61 Å². The van der Waals surface area contributed by atoms with E-state index in [-0.39, 0.29) is 0 Å². The third kappa shape index (κ3) is 2.86. The molecule has 3 rings (SSSR count). The zero-order chi connectivity index (χ0) is 13.5. The fourth-order valence-electron chi connectivity index (χ4n) is 2.03. The maximum absolute atomic E-state index is 12.6. The Kier molecular flexibility index (Phi) is 2.92. The monoisotopic (exact) mass is 265 g/mol. The summed E-state index contributed by atoms with van der Waals surface area (Å²) >= 11 is 0. The lowest BCUT2D eigenvalue weighted by Gasteiger charge is -2.15. The summed E-state index contributed by atoms with van der Waals surface area (Å²) in [4.78, 5) is 0. The Hall–Kier alpha value is -1.65. The van der Waals surface area contributed by atoms with Crippen molar-refractivity contribution >= 4 is 23.2 Å². The summed E-state index contributed by atoms with van der Waals surface area (Å²) in [5.41, 5.74) is -0.556. The fraction of sp³-hybridized carbons (Fsp3) is 0.286. The summed E-state index contributed by atoms with van der Waals surface area (Å²) in [6, 6.07) is 9.04. The SMILES string of the molecule is F[B-](F)(F)c1ccc2cc(OCC3CC3)ccc2c1. The molecular weight excluding hydrogens is 252 g/mol. The molecule has 0 amide bonds. The molecule has 0 heterocycles. The second kappa shape index (κ2) is 4.47. The molecule has 0 radical (unpaired) electrons. The number of fused-ring (bicyclic) bond motifs is 1. The highest BCUT2D eigenvalue weighted by atomic mass is 19.4. The van der Waals surface area contributed by atoms with Gasteiger partial charge >= 0.3 is 6.98 Å². The second-order valence-corrected chi connectivity index (χ2v) is 5.10. The van der Waals surface area contributed by atoms with Crippen molar-refractivity contribution < 1.29 is 17.7 Å².